The Hall–Kier alpha value is -1.34. The zero-order valence-electron chi connectivity index (χ0n) is 9.22. The standard InChI is InChI=1S/C10H7Cl3FN5/c11-4-1-6(13)8(2-5(4)12)17-9-7(14)3-16-10(18-9)19-15/h1-3H,15H2,(H2,16,17,18,19). The van der Waals surface area contributed by atoms with Crippen LogP contribution in [-0.2, 0) is 0 Å². The van der Waals surface area contributed by atoms with Gasteiger partial charge in [0.25, 0.3) is 0 Å². The van der Waals surface area contributed by atoms with Crippen molar-refractivity contribution in [1.29, 1.82) is 0 Å². The maximum Gasteiger partial charge on any atom is 0.239 e. The smallest absolute Gasteiger partial charge is 0.239 e. The van der Waals surface area contributed by atoms with Crippen LogP contribution in [-0.4, -0.2) is 9.97 Å². The van der Waals surface area contributed by atoms with E-state index in [1.165, 1.54) is 12.1 Å². The highest BCUT2D eigenvalue weighted by Gasteiger charge is 2.11. The van der Waals surface area contributed by atoms with Gasteiger partial charge in [0, 0.05) is 0 Å². The van der Waals surface area contributed by atoms with Crippen molar-refractivity contribution >= 4 is 52.3 Å². The first-order valence-corrected chi connectivity index (χ1v) is 6.05. The third kappa shape index (κ3) is 3.16. The fourth-order valence-electron chi connectivity index (χ4n) is 1.27. The zero-order chi connectivity index (χ0) is 14.0. The van der Waals surface area contributed by atoms with Crippen LogP contribution in [0.1, 0.15) is 0 Å². The third-order valence-corrected chi connectivity index (χ3v) is 3.17. The number of rotatable bonds is 3. The molecule has 0 spiro atoms. The summed E-state index contributed by atoms with van der Waals surface area (Å²) in [7, 11) is 0. The summed E-state index contributed by atoms with van der Waals surface area (Å²) in [6, 6.07) is 2.90. The maximum atomic E-state index is 13.5. The van der Waals surface area contributed by atoms with Gasteiger partial charge in [0.15, 0.2) is 11.6 Å². The highest BCUT2D eigenvalue weighted by molar-refractivity contribution is 6.44. The summed E-state index contributed by atoms with van der Waals surface area (Å²) in [5.74, 6) is 4.44. The molecule has 0 fully saturated rings. The number of hydrazine groups is 1. The van der Waals surface area contributed by atoms with Crippen LogP contribution in [0, 0.1) is 5.82 Å². The molecule has 5 nitrogen and oxygen atoms in total. The average Bonchev–Trinajstić information content (AvgIpc) is 2.38. The average molecular weight is 323 g/mol. The van der Waals surface area contributed by atoms with Crippen LogP contribution in [0.2, 0.25) is 15.1 Å². The number of hydrogen-bond donors (Lipinski definition) is 3. The monoisotopic (exact) mass is 321 g/mol. The van der Waals surface area contributed by atoms with Crippen molar-refractivity contribution in [1.82, 2.24) is 9.97 Å². The molecule has 1 heterocycles. The molecule has 19 heavy (non-hydrogen) atoms. The van der Waals surface area contributed by atoms with Crippen LogP contribution < -0.4 is 16.6 Å². The van der Waals surface area contributed by atoms with E-state index in [0.29, 0.717) is 10.7 Å². The van der Waals surface area contributed by atoms with Crippen molar-refractivity contribution in [3.05, 3.63) is 39.2 Å². The van der Waals surface area contributed by atoms with Gasteiger partial charge in [-0.05, 0) is 12.1 Å². The number of anilines is 3. The van der Waals surface area contributed by atoms with Crippen molar-refractivity contribution in [3.63, 3.8) is 0 Å². The Labute approximate surface area is 122 Å². The number of halogens is 4. The Bertz CT molecular complexity index is 622. The summed E-state index contributed by atoms with van der Waals surface area (Å²) in [6.45, 7) is 0. The molecular weight excluding hydrogens is 316 g/mol. The number of nitrogens with one attached hydrogen (secondary N) is 2. The lowest BCUT2D eigenvalue weighted by Crippen LogP contribution is -2.12. The van der Waals surface area contributed by atoms with E-state index in [-0.39, 0.29) is 21.8 Å². The van der Waals surface area contributed by atoms with Gasteiger partial charge in [0.2, 0.25) is 5.95 Å². The zero-order valence-corrected chi connectivity index (χ0v) is 11.5. The van der Waals surface area contributed by atoms with Gasteiger partial charge in [-0.3, -0.25) is 5.43 Å². The summed E-state index contributed by atoms with van der Waals surface area (Å²) in [6.07, 6.45) is 0.968. The molecule has 2 rings (SSSR count). The largest absolute Gasteiger partial charge is 0.336 e. The molecule has 0 aliphatic rings. The highest BCUT2D eigenvalue weighted by Crippen LogP contribution is 2.34. The fourth-order valence-corrected chi connectivity index (χ4v) is 1.86. The third-order valence-electron chi connectivity index (χ3n) is 2.14. The van der Waals surface area contributed by atoms with Gasteiger partial charge in [-0.25, -0.2) is 15.2 Å². The lowest BCUT2D eigenvalue weighted by molar-refractivity contribution is 0.619. The van der Waals surface area contributed by atoms with Crippen molar-refractivity contribution < 1.29 is 4.39 Å². The molecule has 0 atom stereocenters. The Morgan fingerprint density at radius 2 is 1.79 bits per heavy atom. The van der Waals surface area contributed by atoms with E-state index in [1.54, 1.807) is 0 Å². The minimum Gasteiger partial charge on any atom is -0.336 e. The van der Waals surface area contributed by atoms with Crippen LogP contribution in [0.3, 0.4) is 0 Å². The molecule has 1 aromatic heterocycles. The van der Waals surface area contributed by atoms with E-state index in [0.717, 1.165) is 6.20 Å². The normalized spacial score (nSPS) is 10.4. The number of aromatic nitrogens is 2. The van der Waals surface area contributed by atoms with Crippen molar-refractivity contribution in [2.45, 2.75) is 0 Å². The lowest BCUT2D eigenvalue weighted by atomic mass is 10.3. The number of benzene rings is 1. The first-order valence-electron chi connectivity index (χ1n) is 4.92. The Kier molecular flexibility index (Phi) is 4.26. The second kappa shape index (κ2) is 5.75. The lowest BCUT2D eigenvalue weighted by Gasteiger charge is -2.10. The minimum atomic E-state index is -0.666. The van der Waals surface area contributed by atoms with E-state index < -0.39 is 5.82 Å². The van der Waals surface area contributed by atoms with Crippen LogP contribution in [0.25, 0.3) is 0 Å². The molecule has 0 unspecified atom stereocenters. The highest BCUT2D eigenvalue weighted by atomic mass is 35.5. The molecule has 0 saturated heterocycles. The summed E-state index contributed by atoms with van der Waals surface area (Å²) in [5.41, 5.74) is 2.56. The molecule has 0 saturated carbocycles. The molecule has 0 radical (unpaired) electrons. The van der Waals surface area contributed by atoms with E-state index in [1.807, 2.05) is 0 Å². The Morgan fingerprint density at radius 1 is 1.11 bits per heavy atom. The van der Waals surface area contributed by atoms with Crippen LogP contribution in [0.4, 0.5) is 21.8 Å². The van der Waals surface area contributed by atoms with Crippen molar-refractivity contribution in [2.24, 2.45) is 5.84 Å². The first-order chi connectivity index (χ1) is 9.01. The topological polar surface area (TPSA) is 75.9 Å². The van der Waals surface area contributed by atoms with E-state index in [4.69, 9.17) is 40.6 Å². The van der Waals surface area contributed by atoms with Crippen LogP contribution in [0.15, 0.2) is 18.3 Å². The second-order valence-corrected chi connectivity index (χ2v) is 4.63. The molecule has 1 aromatic carbocycles. The molecule has 100 valence electrons. The molecule has 4 N–H and O–H groups in total. The van der Waals surface area contributed by atoms with Gasteiger partial charge in [0.05, 0.1) is 27.0 Å². The van der Waals surface area contributed by atoms with Gasteiger partial charge in [-0.1, -0.05) is 34.8 Å². The van der Waals surface area contributed by atoms with Crippen molar-refractivity contribution in [3.8, 4) is 0 Å². The predicted molar refractivity (Wildman–Crippen MR) is 74.6 cm³/mol. The van der Waals surface area contributed by atoms with Gasteiger partial charge in [-0.15, -0.1) is 0 Å². The molecule has 9 heteroatoms. The number of hydrogen-bond acceptors (Lipinski definition) is 5. The van der Waals surface area contributed by atoms with Crippen molar-refractivity contribution in [2.75, 3.05) is 10.7 Å². The number of nitrogens with zero attached hydrogens (tertiary/aromatic N) is 2. The second-order valence-electron chi connectivity index (χ2n) is 3.41. The predicted octanol–water partition coefficient (Wildman–Crippen LogP) is 3.61. The molecule has 2 aromatic rings. The molecule has 0 aliphatic heterocycles. The van der Waals surface area contributed by atoms with Crippen LogP contribution >= 0.6 is 34.8 Å². The summed E-state index contributed by atoms with van der Waals surface area (Å²) in [4.78, 5) is 7.42. The molecule has 0 aliphatic carbocycles. The minimum absolute atomic E-state index is 0.0556. The summed E-state index contributed by atoms with van der Waals surface area (Å²) in [5, 5.41) is 3.53. The molecular formula is C10H7Cl3FN5. The molecule has 0 amide bonds. The van der Waals surface area contributed by atoms with Gasteiger partial charge < -0.3 is 5.32 Å². The maximum absolute atomic E-state index is 13.5. The summed E-state index contributed by atoms with van der Waals surface area (Å²) < 4.78 is 13.5. The van der Waals surface area contributed by atoms with Gasteiger partial charge >= 0.3 is 0 Å². The Balaban J connectivity index is 2.38. The quantitative estimate of drug-likeness (QED) is 0.457. The Morgan fingerprint density at radius 3 is 2.47 bits per heavy atom. The fraction of sp³-hybridized carbons (Fsp3) is 0. The van der Waals surface area contributed by atoms with E-state index in [9.17, 15) is 4.39 Å². The SMILES string of the molecule is NNc1ncc(F)c(Nc2cc(Cl)c(Cl)cc2Cl)n1. The first kappa shape index (κ1) is 14.1. The van der Waals surface area contributed by atoms with Gasteiger partial charge in [0.1, 0.15) is 0 Å². The molecule has 0 bridgehead atoms. The van der Waals surface area contributed by atoms with E-state index in [2.05, 4.69) is 20.7 Å². The van der Waals surface area contributed by atoms with E-state index >= 15 is 0 Å². The van der Waals surface area contributed by atoms with Crippen LogP contribution in [0.5, 0.6) is 0 Å². The summed E-state index contributed by atoms with van der Waals surface area (Å²) >= 11 is 17.6. The number of nitrogens with two attached hydrogens (primary N) is 1. The van der Waals surface area contributed by atoms with Gasteiger partial charge in [-0.2, -0.15) is 4.98 Å². The number of nitrogen functional groups attached to an aromatic ring is 1.